The second kappa shape index (κ2) is 5.83. The number of amides is 3. The van der Waals surface area contributed by atoms with E-state index in [1.54, 1.807) is 6.92 Å². The van der Waals surface area contributed by atoms with Crippen molar-refractivity contribution in [3.05, 3.63) is 12.2 Å². The molecule has 0 bridgehead atoms. The Hall–Kier alpha value is -1.90. The molecule has 0 aromatic heterocycles. The fraction of sp³-hybridized carbons (Fsp3) is 0.500. The van der Waals surface area contributed by atoms with Gasteiger partial charge in [-0.3, -0.25) is 10.1 Å². The SMILES string of the molecule is CC1CS(=O)(=O)CCN1C(=O)NC(=O)/C=C/C(=O)O. The number of hydrogen-bond donors (Lipinski definition) is 2. The smallest absolute Gasteiger partial charge is 0.328 e. The third kappa shape index (κ3) is 4.70. The average Bonchev–Trinajstić information content (AvgIpc) is 2.24. The molecule has 2 N–H and O–H groups in total. The normalized spacial score (nSPS) is 22.2. The van der Waals surface area contributed by atoms with Crippen LogP contribution in [0.4, 0.5) is 4.79 Å². The van der Waals surface area contributed by atoms with Gasteiger partial charge in [-0.25, -0.2) is 18.0 Å². The summed E-state index contributed by atoms with van der Waals surface area (Å²) in [7, 11) is -3.15. The second-order valence-corrected chi connectivity index (χ2v) is 6.35. The first-order valence-corrected chi connectivity index (χ1v) is 7.26. The molecule has 1 atom stereocenters. The number of sulfone groups is 1. The van der Waals surface area contributed by atoms with Gasteiger partial charge in [-0.1, -0.05) is 0 Å². The Morgan fingerprint density at radius 3 is 2.47 bits per heavy atom. The number of carboxylic acids is 1. The number of rotatable bonds is 2. The van der Waals surface area contributed by atoms with E-state index in [9.17, 15) is 22.8 Å². The summed E-state index contributed by atoms with van der Waals surface area (Å²) in [6.07, 6.45) is 1.32. The molecule has 19 heavy (non-hydrogen) atoms. The predicted octanol–water partition coefficient (Wildman–Crippen LogP) is -1.02. The molecular weight excluding hydrogens is 276 g/mol. The van der Waals surface area contributed by atoms with Gasteiger partial charge in [0.2, 0.25) is 0 Å². The number of hydrogen-bond acceptors (Lipinski definition) is 5. The Labute approximate surface area is 110 Å². The molecule has 0 spiro atoms. The minimum Gasteiger partial charge on any atom is -0.478 e. The maximum absolute atomic E-state index is 11.7. The highest BCUT2D eigenvalue weighted by Gasteiger charge is 2.31. The van der Waals surface area contributed by atoms with Gasteiger partial charge in [0.15, 0.2) is 9.84 Å². The summed E-state index contributed by atoms with van der Waals surface area (Å²) in [6.45, 7) is 1.57. The van der Waals surface area contributed by atoms with Gasteiger partial charge in [-0.15, -0.1) is 0 Å². The van der Waals surface area contributed by atoms with E-state index >= 15 is 0 Å². The van der Waals surface area contributed by atoms with Gasteiger partial charge in [-0.05, 0) is 6.92 Å². The summed E-state index contributed by atoms with van der Waals surface area (Å²) in [6, 6.07) is -1.27. The first kappa shape index (κ1) is 15.2. The molecule has 0 radical (unpaired) electrons. The monoisotopic (exact) mass is 290 g/mol. The van der Waals surface area contributed by atoms with E-state index in [1.807, 2.05) is 5.32 Å². The van der Waals surface area contributed by atoms with Crippen LogP contribution in [0.1, 0.15) is 6.92 Å². The minimum absolute atomic E-state index is 0.00522. The van der Waals surface area contributed by atoms with Crippen LogP contribution < -0.4 is 5.32 Å². The first-order valence-electron chi connectivity index (χ1n) is 5.44. The zero-order valence-corrected chi connectivity index (χ0v) is 11.0. The average molecular weight is 290 g/mol. The van der Waals surface area contributed by atoms with Crippen LogP contribution in [-0.4, -0.2) is 60.4 Å². The van der Waals surface area contributed by atoms with Gasteiger partial charge in [0.1, 0.15) is 0 Å². The molecule has 1 fully saturated rings. The number of aliphatic carboxylic acids is 1. The van der Waals surface area contributed by atoms with E-state index in [2.05, 4.69) is 0 Å². The Morgan fingerprint density at radius 2 is 1.95 bits per heavy atom. The number of nitrogens with one attached hydrogen (secondary N) is 1. The van der Waals surface area contributed by atoms with Crippen molar-refractivity contribution in [1.82, 2.24) is 10.2 Å². The molecule has 0 aromatic carbocycles. The van der Waals surface area contributed by atoms with Crippen molar-refractivity contribution in [2.45, 2.75) is 13.0 Å². The van der Waals surface area contributed by atoms with E-state index in [1.165, 1.54) is 4.90 Å². The molecule has 0 aromatic rings. The number of imide groups is 1. The molecule has 1 unspecified atom stereocenters. The topological polar surface area (TPSA) is 121 Å². The number of carbonyl (C=O) groups is 3. The van der Waals surface area contributed by atoms with E-state index < -0.39 is 33.8 Å². The van der Waals surface area contributed by atoms with Crippen molar-refractivity contribution in [1.29, 1.82) is 0 Å². The van der Waals surface area contributed by atoms with Gasteiger partial charge >= 0.3 is 12.0 Å². The van der Waals surface area contributed by atoms with Gasteiger partial charge in [-0.2, -0.15) is 0 Å². The van der Waals surface area contributed by atoms with Crippen LogP contribution in [0.2, 0.25) is 0 Å². The third-order valence-electron chi connectivity index (χ3n) is 2.54. The quantitative estimate of drug-likeness (QED) is 0.628. The fourth-order valence-electron chi connectivity index (χ4n) is 1.67. The highest BCUT2D eigenvalue weighted by atomic mass is 32.2. The Kier molecular flexibility index (Phi) is 4.65. The van der Waals surface area contributed by atoms with Crippen molar-refractivity contribution in [2.24, 2.45) is 0 Å². The van der Waals surface area contributed by atoms with Crippen LogP contribution in [0.5, 0.6) is 0 Å². The zero-order valence-electron chi connectivity index (χ0n) is 10.2. The summed E-state index contributed by atoms with van der Waals surface area (Å²) in [5.74, 6) is -2.48. The summed E-state index contributed by atoms with van der Waals surface area (Å²) in [5.41, 5.74) is 0. The molecule has 1 heterocycles. The van der Waals surface area contributed by atoms with Crippen molar-refractivity contribution in [2.75, 3.05) is 18.1 Å². The van der Waals surface area contributed by atoms with E-state index in [0.717, 1.165) is 0 Å². The number of carboxylic acid groups (broad SMARTS) is 1. The maximum Gasteiger partial charge on any atom is 0.328 e. The van der Waals surface area contributed by atoms with Crippen molar-refractivity contribution in [3.8, 4) is 0 Å². The van der Waals surface area contributed by atoms with Gasteiger partial charge in [0, 0.05) is 24.7 Å². The lowest BCUT2D eigenvalue weighted by molar-refractivity contribution is -0.131. The molecule has 0 saturated carbocycles. The molecule has 0 aliphatic carbocycles. The molecule has 1 aliphatic rings. The van der Waals surface area contributed by atoms with Crippen LogP contribution in [-0.2, 0) is 19.4 Å². The van der Waals surface area contributed by atoms with Gasteiger partial charge in [0.25, 0.3) is 5.91 Å². The van der Waals surface area contributed by atoms with Crippen molar-refractivity contribution < 1.29 is 27.9 Å². The molecule has 1 rings (SSSR count). The van der Waals surface area contributed by atoms with Crippen LogP contribution >= 0.6 is 0 Å². The molecule has 1 aliphatic heterocycles. The molecule has 3 amide bonds. The fourth-order valence-corrected chi connectivity index (χ4v) is 3.22. The van der Waals surface area contributed by atoms with Crippen LogP contribution in [0.3, 0.4) is 0 Å². The second-order valence-electron chi connectivity index (χ2n) is 4.12. The minimum atomic E-state index is -3.15. The summed E-state index contributed by atoms with van der Waals surface area (Å²) in [4.78, 5) is 34.3. The third-order valence-corrected chi connectivity index (χ3v) is 4.33. The predicted molar refractivity (Wildman–Crippen MR) is 65.1 cm³/mol. The lowest BCUT2D eigenvalue weighted by atomic mass is 10.3. The molecular formula is C10H14N2O6S. The zero-order chi connectivity index (χ0) is 14.6. The van der Waals surface area contributed by atoms with E-state index in [-0.39, 0.29) is 18.1 Å². The van der Waals surface area contributed by atoms with Crippen molar-refractivity contribution in [3.63, 3.8) is 0 Å². The lowest BCUT2D eigenvalue weighted by Crippen LogP contribution is -2.54. The number of nitrogens with zero attached hydrogens (tertiary/aromatic N) is 1. The highest BCUT2D eigenvalue weighted by Crippen LogP contribution is 2.11. The van der Waals surface area contributed by atoms with Gasteiger partial charge < -0.3 is 10.0 Å². The number of urea groups is 1. The van der Waals surface area contributed by atoms with Crippen molar-refractivity contribution >= 4 is 27.7 Å². The molecule has 1 saturated heterocycles. The molecule has 9 heteroatoms. The Balaban J connectivity index is 2.60. The lowest BCUT2D eigenvalue weighted by Gasteiger charge is -2.32. The highest BCUT2D eigenvalue weighted by molar-refractivity contribution is 7.91. The Morgan fingerprint density at radius 1 is 1.32 bits per heavy atom. The van der Waals surface area contributed by atoms with Gasteiger partial charge in [0.05, 0.1) is 11.5 Å². The maximum atomic E-state index is 11.7. The summed E-state index contributed by atoms with van der Waals surface area (Å²) < 4.78 is 22.7. The largest absolute Gasteiger partial charge is 0.478 e. The van der Waals surface area contributed by atoms with E-state index in [0.29, 0.717) is 12.2 Å². The summed E-state index contributed by atoms with van der Waals surface area (Å²) >= 11 is 0. The Bertz CT molecular complexity index is 524. The molecule has 106 valence electrons. The standard InChI is InChI=1S/C10H14N2O6S/c1-7-6-19(17,18)5-4-12(7)10(16)11-8(13)2-3-9(14)15/h2-3,7H,4-6H2,1H3,(H,14,15)(H,11,13,16)/b3-2+. The van der Waals surface area contributed by atoms with Crippen LogP contribution in [0, 0.1) is 0 Å². The number of carbonyl (C=O) groups excluding carboxylic acids is 2. The first-order chi connectivity index (χ1) is 8.71. The van der Waals surface area contributed by atoms with Crippen LogP contribution in [0.15, 0.2) is 12.2 Å². The summed E-state index contributed by atoms with van der Waals surface area (Å²) in [5, 5.41) is 10.3. The van der Waals surface area contributed by atoms with E-state index in [4.69, 9.17) is 5.11 Å². The molecule has 8 nitrogen and oxygen atoms in total. The van der Waals surface area contributed by atoms with Crippen LogP contribution in [0.25, 0.3) is 0 Å².